The average Bonchev–Trinajstić information content (AvgIpc) is 2.54. The minimum Gasteiger partial charge on any atom is -0.317 e. The average molecular weight is 182 g/mol. The maximum absolute atomic E-state index is 11.4. The van der Waals surface area contributed by atoms with Crippen LogP contribution < -0.4 is 11.2 Å². The van der Waals surface area contributed by atoms with Crippen LogP contribution in [0.5, 0.6) is 0 Å². The summed E-state index contributed by atoms with van der Waals surface area (Å²) in [6, 6.07) is 0. The van der Waals surface area contributed by atoms with Crippen molar-refractivity contribution in [1.82, 2.24) is 5.48 Å². The number of hydroxylamine groups is 1. The summed E-state index contributed by atoms with van der Waals surface area (Å²) >= 11 is 0. The van der Waals surface area contributed by atoms with Crippen molar-refractivity contribution in [3.63, 3.8) is 0 Å². The number of terminal acetylenes is 1. The molecule has 3 N–H and O–H groups in total. The molecule has 4 heteroatoms. The first-order chi connectivity index (χ1) is 6.19. The molecular weight excluding hydrogens is 168 g/mol. The second-order valence-electron chi connectivity index (χ2n) is 3.29. The predicted octanol–water partition coefficient (Wildman–Crippen LogP) is -0.0611. The van der Waals surface area contributed by atoms with Gasteiger partial charge >= 0.3 is 0 Å². The van der Waals surface area contributed by atoms with Gasteiger partial charge < -0.3 is 5.73 Å². The highest BCUT2D eigenvalue weighted by Gasteiger charge is 2.37. The minimum absolute atomic E-state index is 0.0713. The Morgan fingerprint density at radius 1 is 1.62 bits per heavy atom. The van der Waals surface area contributed by atoms with Gasteiger partial charge in [0, 0.05) is 0 Å². The highest BCUT2D eigenvalue weighted by Crippen LogP contribution is 2.26. The van der Waals surface area contributed by atoms with Crippen LogP contribution in [-0.2, 0) is 9.63 Å². The molecule has 0 aromatic heterocycles. The lowest BCUT2D eigenvalue weighted by Crippen LogP contribution is -2.51. The normalized spacial score (nSPS) is 19.4. The molecule has 1 aliphatic rings. The number of rotatable bonds is 3. The van der Waals surface area contributed by atoms with Gasteiger partial charge in [-0.05, 0) is 12.8 Å². The number of hydrogen-bond donors (Lipinski definition) is 2. The molecule has 1 aliphatic carbocycles. The molecule has 0 aliphatic heterocycles. The number of nitrogens with two attached hydrogens (primary N) is 1. The number of carbonyl (C=O) groups is 1. The summed E-state index contributed by atoms with van der Waals surface area (Å²) in [5.74, 6) is 1.98. The fourth-order valence-electron chi connectivity index (χ4n) is 1.48. The molecular formula is C9H14N2O2. The van der Waals surface area contributed by atoms with Crippen molar-refractivity contribution in [2.45, 2.75) is 31.2 Å². The van der Waals surface area contributed by atoms with Gasteiger partial charge in [-0.1, -0.05) is 18.8 Å². The van der Waals surface area contributed by atoms with Gasteiger partial charge in [0.25, 0.3) is 5.91 Å². The smallest absolute Gasteiger partial charge is 0.263 e. The molecule has 0 aromatic rings. The van der Waals surface area contributed by atoms with Crippen molar-refractivity contribution < 1.29 is 9.63 Å². The van der Waals surface area contributed by atoms with E-state index in [1.807, 2.05) is 0 Å². The molecule has 0 radical (unpaired) electrons. The van der Waals surface area contributed by atoms with Gasteiger partial charge in [0.2, 0.25) is 0 Å². The number of carbonyl (C=O) groups excluding carboxylic acids is 1. The van der Waals surface area contributed by atoms with Crippen LogP contribution in [0.15, 0.2) is 0 Å². The fraction of sp³-hybridized carbons (Fsp3) is 0.667. The summed E-state index contributed by atoms with van der Waals surface area (Å²) in [5.41, 5.74) is 7.36. The Bertz CT molecular complexity index is 226. The molecule has 0 saturated heterocycles. The first-order valence-corrected chi connectivity index (χ1v) is 4.33. The van der Waals surface area contributed by atoms with Crippen LogP contribution in [0.25, 0.3) is 0 Å². The highest BCUT2D eigenvalue weighted by molar-refractivity contribution is 5.85. The first-order valence-electron chi connectivity index (χ1n) is 4.33. The quantitative estimate of drug-likeness (QED) is 0.365. The summed E-state index contributed by atoms with van der Waals surface area (Å²) in [7, 11) is 0. The lowest BCUT2D eigenvalue weighted by Gasteiger charge is -2.21. The van der Waals surface area contributed by atoms with Gasteiger partial charge in [-0.15, -0.1) is 6.42 Å². The molecule has 0 bridgehead atoms. The van der Waals surface area contributed by atoms with Crippen molar-refractivity contribution in [3.05, 3.63) is 0 Å². The maximum atomic E-state index is 11.4. The molecule has 1 amide bonds. The van der Waals surface area contributed by atoms with Crippen molar-refractivity contribution in [3.8, 4) is 12.3 Å². The fourth-order valence-corrected chi connectivity index (χ4v) is 1.48. The Morgan fingerprint density at radius 2 is 2.23 bits per heavy atom. The van der Waals surface area contributed by atoms with Gasteiger partial charge in [0.05, 0.1) is 5.54 Å². The molecule has 1 fully saturated rings. The largest absolute Gasteiger partial charge is 0.317 e. The summed E-state index contributed by atoms with van der Waals surface area (Å²) in [6.07, 6.45) is 8.38. The van der Waals surface area contributed by atoms with Crippen molar-refractivity contribution in [2.75, 3.05) is 6.61 Å². The molecule has 0 unspecified atom stereocenters. The van der Waals surface area contributed by atoms with Gasteiger partial charge in [-0.25, -0.2) is 5.48 Å². The Kier molecular flexibility index (Phi) is 3.29. The van der Waals surface area contributed by atoms with E-state index in [4.69, 9.17) is 17.0 Å². The number of amides is 1. The van der Waals surface area contributed by atoms with Gasteiger partial charge in [-0.3, -0.25) is 9.63 Å². The first kappa shape index (κ1) is 10.0. The zero-order chi connectivity index (χ0) is 9.73. The van der Waals surface area contributed by atoms with Crippen LogP contribution in [0, 0.1) is 12.3 Å². The molecule has 0 heterocycles. The number of hydrogen-bond acceptors (Lipinski definition) is 3. The third kappa shape index (κ3) is 2.44. The highest BCUT2D eigenvalue weighted by atomic mass is 16.6. The Labute approximate surface area is 77.8 Å². The van der Waals surface area contributed by atoms with Crippen molar-refractivity contribution in [2.24, 2.45) is 5.73 Å². The van der Waals surface area contributed by atoms with E-state index in [-0.39, 0.29) is 12.5 Å². The Morgan fingerprint density at radius 3 is 2.77 bits per heavy atom. The predicted molar refractivity (Wildman–Crippen MR) is 48.3 cm³/mol. The Hall–Kier alpha value is -1.05. The van der Waals surface area contributed by atoms with Crippen LogP contribution in [0.2, 0.25) is 0 Å². The summed E-state index contributed by atoms with van der Waals surface area (Å²) in [4.78, 5) is 16.1. The van der Waals surface area contributed by atoms with E-state index in [1.165, 1.54) is 0 Å². The van der Waals surface area contributed by atoms with Gasteiger partial charge in [0.15, 0.2) is 0 Å². The third-order valence-electron chi connectivity index (χ3n) is 2.27. The van der Waals surface area contributed by atoms with E-state index in [2.05, 4.69) is 11.4 Å². The maximum Gasteiger partial charge on any atom is 0.263 e. The standard InChI is InChI=1S/C9H14N2O2/c1-2-7-13-11-8(12)9(10)5-3-4-6-9/h1H,3-7,10H2,(H,11,12). The Balaban J connectivity index is 2.34. The van der Waals surface area contributed by atoms with E-state index in [9.17, 15) is 4.79 Å². The molecule has 13 heavy (non-hydrogen) atoms. The molecule has 1 rings (SSSR count). The van der Waals surface area contributed by atoms with E-state index in [0.29, 0.717) is 0 Å². The third-order valence-corrected chi connectivity index (χ3v) is 2.27. The zero-order valence-electron chi connectivity index (χ0n) is 7.51. The monoisotopic (exact) mass is 182 g/mol. The van der Waals surface area contributed by atoms with Crippen LogP contribution in [-0.4, -0.2) is 18.1 Å². The minimum atomic E-state index is -0.741. The molecule has 0 atom stereocenters. The van der Waals surface area contributed by atoms with E-state index in [1.54, 1.807) is 0 Å². The molecule has 0 aromatic carbocycles. The molecule has 1 saturated carbocycles. The summed E-state index contributed by atoms with van der Waals surface area (Å²) < 4.78 is 0. The van der Waals surface area contributed by atoms with Gasteiger partial charge in [-0.2, -0.15) is 0 Å². The second-order valence-corrected chi connectivity index (χ2v) is 3.29. The van der Waals surface area contributed by atoms with Gasteiger partial charge in [0.1, 0.15) is 6.61 Å². The summed E-state index contributed by atoms with van der Waals surface area (Å²) in [5, 5.41) is 0. The van der Waals surface area contributed by atoms with Crippen LogP contribution >= 0.6 is 0 Å². The lowest BCUT2D eigenvalue weighted by molar-refractivity contribution is -0.137. The second kappa shape index (κ2) is 4.26. The van der Waals surface area contributed by atoms with Crippen LogP contribution in [0.3, 0.4) is 0 Å². The van der Waals surface area contributed by atoms with Crippen LogP contribution in [0.4, 0.5) is 0 Å². The molecule has 0 spiro atoms. The summed E-state index contributed by atoms with van der Waals surface area (Å²) in [6.45, 7) is 0.0713. The van der Waals surface area contributed by atoms with E-state index < -0.39 is 5.54 Å². The molecule has 4 nitrogen and oxygen atoms in total. The van der Waals surface area contributed by atoms with Crippen LogP contribution in [0.1, 0.15) is 25.7 Å². The van der Waals surface area contributed by atoms with Crippen molar-refractivity contribution in [1.29, 1.82) is 0 Å². The SMILES string of the molecule is C#CCONC(=O)C1(N)CCCC1. The number of nitrogens with one attached hydrogen (secondary N) is 1. The lowest BCUT2D eigenvalue weighted by atomic mass is 9.99. The topological polar surface area (TPSA) is 64.3 Å². The molecule has 72 valence electrons. The van der Waals surface area contributed by atoms with E-state index >= 15 is 0 Å². The van der Waals surface area contributed by atoms with Crippen molar-refractivity contribution >= 4 is 5.91 Å². The zero-order valence-corrected chi connectivity index (χ0v) is 7.51. The van der Waals surface area contributed by atoms with E-state index in [0.717, 1.165) is 25.7 Å².